The molecule has 0 bridgehead atoms. The van der Waals surface area contributed by atoms with Crippen molar-refractivity contribution in [1.82, 2.24) is 5.32 Å². The average molecular weight is 405 g/mol. The summed E-state index contributed by atoms with van der Waals surface area (Å²) in [4.78, 5) is 25.2. The monoisotopic (exact) mass is 404 g/mol. The van der Waals surface area contributed by atoms with E-state index in [1.165, 1.54) is 11.8 Å². The second-order valence-electron chi connectivity index (χ2n) is 5.62. The molecule has 0 heterocycles. The van der Waals surface area contributed by atoms with Gasteiger partial charge in [0.15, 0.2) is 0 Å². The number of amides is 2. The molecular formula is C18H17BrN2O2S. The Bertz CT molecular complexity index is 762. The number of carbonyl (C=O) groups is 2. The normalized spacial score (nSPS) is 13.4. The maximum absolute atomic E-state index is 12.1. The van der Waals surface area contributed by atoms with Gasteiger partial charge in [0.1, 0.15) is 0 Å². The number of benzene rings is 2. The van der Waals surface area contributed by atoms with E-state index in [9.17, 15) is 9.59 Å². The number of nitrogens with one attached hydrogen (secondary N) is 2. The number of thioether (sulfide) groups is 1. The summed E-state index contributed by atoms with van der Waals surface area (Å²) < 4.78 is 0.988. The van der Waals surface area contributed by atoms with E-state index in [0.29, 0.717) is 23.0 Å². The predicted molar refractivity (Wildman–Crippen MR) is 100 cm³/mol. The summed E-state index contributed by atoms with van der Waals surface area (Å²) in [7, 11) is 0. The van der Waals surface area contributed by atoms with Crippen LogP contribution in [0, 0.1) is 0 Å². The van der Waals surface area contributed by atoms with Crippen molar-refractivity contribution in [1.29, 1.82) is 0 Å². The van der Waals surface area contributed by atoms with Crippen LogP contribution in [0.4, 0.5) is 5.69 Å². The van der Waals surface area contributed by atoms with Gasteiger partial charge in [-0.2, -0.15) is 0 Å². The lowest BCUT2D eigenvalue weighted by Crippen LogP contribution is -2.25. The molecule has 2 amide bonds. The molecule has 0 saturated heterocycles. The van der Waals surface area contributed by atoms with Crippen molar-refractivity contribution in [3.8, 4) is 0 Å². The molecule has 2 N–H and O–H groups in total. The molecule has 0 radical (unpaired) electrons. The largest absolute Gasteiger partial charge is 0.349 e. The summed E-state index contributed by atoms with van der Waals surface area (Å²) in [6.07, 6.45) is 2.10. The minimum absolute atomic E-state index is 0.0860. The molecule has 1 fully saturated rings. The minimum Gasteiger partial charge on any atom is -0.349 e. The summed E-state index contributed by atoms with van der Waals surface area (Å²) in [6.45, 7) is 0. The lowest BCUT2D eigenvalue weighted by molar-refractivity contribution is -0.113. The fourth-order valence-electron chi connectivity index (χ4n) is 2.14. The predicted octanol–water partition coefficient (Wildman–Crippen LogP) is 4.07. The van der Waals surface area contributed by atoms with Gasteiger partial charge < -0.3 is 10.6 Å². The van der Waals surface area contributed by atoms with Gasteiger partial charge in [-0.15, -0.1) is 11.8 Å². The molecule has 4 nitrogen and oxygen atoms in total. The zero-order valence-electron chi connectivity index (χ0n) is 12.9. The van der Waals surface area contributed by atoms with Crippen LogP contribution in [-0.2, 0) is 4.79 Å². The molecule has 0 aromatic heterocycles. The Morgan fingerprint density at radius 1 is 1.12 bits per heavy atom. The van der Waals surface area contributed by atoms with E-state index in [1.54, 1.807) is 24.3 Å². The summed E-state index contributed by atoms with van der Waals surface area (Å²) in [5.74, 6) is 0.131. The first kappa shape index (κ1) is 17.0. The van der Waals surface area contributed by atoms with Gasteiger partial charge in [0.2, 0.25) is 5.91 Å². The highest BCUT2D eigenvalue weighted by Gasteiger charge is 2.23. The van der Waals surface area contributed by atoms with Crippen molar-refractivity contribution in [3.05, 3.63) is 58.6 Å². The maximum atomic E-state index is 12.1. The van der Waals surface area contributed by atoms with Crippen LogP contribution in [0.2, 0.25) is 0 Å². The highest BCUT2D eigenvalue weighted by atomic mass is 79.9. The van der Waals surface area contributed by atoms with Gasteiger partial charge in [0.05, 0.1) is 5.75 Å². The Morgan fingerprint density at radius 2 is 1.92 bits per heavy atom. The van der Waals surface area contributed by atoms with Crippen LogP contribution in [0.25, 0.3) is 0 Å². The Hall–Kier alpha value is -1.79. The van der Waals surface area contributed by atoms with E-state index >= 15 is 0 Å². The van der Waals surface area contributed by atoms with E-state index in [1.807, 2.05) is 24.3 Å². The molecule has 1 saturated carbocycles. The fraction of sp³-hybridized carbons (Fsp3) is 0.222. The zero-order valence-corrected chi connectivity index (χ0v) is 15.3. The van der Waals surface area contributed by atoms with Gasteiger partial charge in [0, 0.05) is 26.7 Å². The highest BCUT2D eigenvalue weighted by Crippen LogP contribution is 2.22. The molecule has 1 aliphatic rings. The lowest BCUT2D eigenvalue weighted by Gasteiger charge is -2.08. The van der Waals surface area contributed by atoms with Crippen molar-refractivity contribution >= 4 is 45.2 Å². The number of hydrogen-bond acceptors (Lipinski definition) is 3. The molecule has 0 spiro atoms. The minimum atomic E-state index is -0.0975. The van der Waals surface area contributed by atoms with Gasteiger partial charge in [0.25, 0.3) is 5.91 Å². The smallest absolute Gasteiger partial charge is 0.251 e. The Labute approximate surface area is 153 Å². The molecule has 6 heteroatoms. The summed E-state index contributed by atoms with van der Waals surface area (Å²) >= 11 is 4.88. The molecular weight excluding hydrogens is 388 g/mol. The van der Waals surface area contributed by atoms with Crippen LogP contribution in [0.3, 0.4) is 0 Å². The van der Waals surface area contributed by atoms with Crippen LogP contribution >= 0.6 is 27.7 Å². The van der Waals surface area contributed by atoms with Gasteiger partial charge in [-0.1, -0.05) is 28.1 Å². The highest BCUT2D eigenvalue weighted by molar-refractivity contribution is 9.10. The molecule has 0 atom stereocenters. The van der Waals surface area contributed by atoms with Crippen LogP contribution in [0.1, 0.15) is 23.2 Å². The average Bonchev–Trinajstić information content (AvgIpc) is 3.37. The van der Waals surface area contributed by atoms with Gasteiger partial charge in [-0.05, 0) is 49.2 Å². The molecule has 3 rings (SSSR count). The topological polar surface area (TPSA) is 58.2 Å². The molecule has 124 valence electrons. The van der Waals surface area contributed by atoms with Gasteiger partial charge >= 0.3 is 0 Å². The number of carbonyl (C=O) groups excluding carboxylic acids is 2. The number of rotatable bonds is 6. The molecule has 0 unspecified atom stereocenters. The second-order valence-corrected chi connectivity index (χ2v) is 7.59. The first-order chi connectivity index (χ1) is 11.6. The second kappa shape index (κ2) is 7.85. The third kappa shape index (κ3) is 5.11. The maximum Gasteiger partial charge on any atom is 0.251 e. The van der Waals surface area contributed by atoms with Gasteiger partial charge in [-0.3, -0.25) is 9.59 Å². The molecule has 2 aromatic rings. The van der Waals surface area contributed by atoms with Crippen LogP contribution in [0.15, 0.2) is 57.9 Å². The van der Waals surface area contributed by atoms with Crippen molar-refractivity contribution in [3.63, 3.8) is 0 Å². The number of hydrogen-bond donors (Lipinski definition) is 2. The van der Waals surface area contributed by atoms with Crippen molar-refractivity contribution in [2.24, 2.45) is 0 Å². The Kier molecular flexibility index (Phi) is 5.58. The standard InChI is InChI=1S/C18H17BrN2O2S/c19-13-4-2-6-16(10-13)24-11-17(22)20-15-5-1-3-12(9-15)18(23)21-14-7-8-14/h1-6,9-10,14H,7-8,11H2,(H,20,22)(H,21,23). The van der Waals surface area contributed by atoms with Crippen molar-refractivity contribution in [2.45, 2.75) is 23.8 Å². The van der Waals surface area contributed by atoms with E-state index in [-0.39, 0.29) is 11.8 Å². The summed E-state index contributed by atoms with van der Waals surface area (Å²) in [5, 5.41) is 5.78. The Morgan fingerprint density at radius 3 is 2.67 bits per heavy atom. The first-order valence-corrected chi connectivity index (χ1v) is 9.47. The van der Waals surface area contributed by atoms with Crippen LogP contribution in [0.5, 0.6) is 0 Å². The molecule has 1 aliphatic carbocycles. The van der Waals surface area contributed by atoms with Crippen LogP contribution in [-0.4, -0.2) is 23.6 Å². The third-order valence-corrected chi connectivity index (χ3v) is 4.97. The number of anilines is 1. The molecule has 0 aliphatic heterocycles. The summed E-state index contributed by atoms with van der Waals surface area (Å²) in [5.41, 5.74) is 1.21. The van der Waals surface area contributed by atoms with E-state index in [0.717, 1.165) is 22.2 Å². The van der Waals surface area contributed by atoms with Crippen molar-refractivity contribution in [2.75, 3.05) is 11.1 Å². The SMILES string of the molecule is O=C(CSc1cccc(Br)c1)Nc1cccc(C(=O)NC2CC2)c1. The van der Waals surface area contributed by atoms with E-state index < -0.39 is 0 Å². The Balaban J connectivity index is 1.54. The fourth-order valence-corrected chi connectivity index (χ4v) is 3.44. The van der Waals surface area contributed by atoms with Gasteiger partial charge in [-0.25, -0.2) is 0 Å². The molecule has 2 aromatic carbocycles. The quantitative estimate of drug-likeness (QED) is 0.713. The van der Waals surface area contributed by atoms with E-state index in [4.69, 9.17) is 0 Å². The zero-order chi connectivity index (χ0) is 16.9. The lowest BCUT2D eigenvalue weighted by atomic mass is 10.2. The number of halogens is 1. The third-order valence-electron chi connectivity index (χ3n) is 3.49. The summed E-state index contributed by atoms with van der Waals surface area (Å²) in [6, 6.07) is 15.2. The first-order valence-electron chi connectivity index (χ1n) is 7.69. The van der Waals surface area contributed by atoms with E-state index in [2.05, 4.69) is 26.6 Å². The molecule has 24 heavy (non-hydrogen) atoms. The van der Waals surface area contributed by atoms with Crippen LogP contribution < -0.4 is 10.6 Å². The van der Waals surface area contributed by atoms with Crippen molar-refractivity contribution < 1.29 is 9.59 Å².